The van der Waals surface area contributed by atoms with E-state index in [1.165, 1.54) is 0 Å². The van der Waals surface area contributed by atoms with Crippen molar-refractivity contribution >= 4 is 50.6 Å². The number of sulfonamides is 1. The number of benzene rings is 2. The number of halogens is 1. The van der Waals surface area contributed by atoms with Crippen LogP contribution in [0.2, 0.25) is 5.02 Å². The lowest BCUT2D eigenvalue weighted by Crippen LogP contribution is -2.29. The summed E-state index contributed by atoms with van der Waals surface area (Å²) in [6.07, 6.45) is 0. The van der Waals surface area contributed by atoms with Crippen LogP contribution < -0.4 is 10.1 Å². The van der Waals surface area contributed by atoms with Crippen molar-refractivity contribution in [1.82, 2.24) is 0 Å². The van der Waals surface area contributed by atoms with Crippen molar-refractivity contribution in [3.05, 3.63) is 53.1 Å². The van der Waals surface area contributed by atoms with Crippen LogP contribution in [0, 0.1) is 0 Å². The molecular weight excluding hydrogens is 422 g/mol. The molecule has 0 aromatic heterocycles. The summed E-state index contributed by atoms with van der Waals surface area (Å²) in [7, 11) is -4.09. The topological polar surface area (TPSA) is 155 Å². The predicted octanol–water partition coefficient (Wildman–Crippen LogP) is 2.56. The highest BCUT2D eigenvalue weighted by molar-refractivity contribution is 7.89. The van der Waals surface area contributed by atoms with Gasteiger partial charge in [0.25, 0.3) is 5.91 Å². The van der Waals surface area contributed by atoms with Gasteiger partial charge in [-0.05, 0) is 43.3 Å². The summed E-state index contributed by atoms with van der Waals surface area (Å²) in [6, 6.07) is 8.59. The average molecular weight is 436 g/mol. The number of nitrogens with two attached hydrogens (primary N) is 1. The van der Waals surface area contributed by atoms with Crippen LogP contribution in [0.5, 0.6) is 0 Å². The maximum Gasteiger partial charge on any atom is 0.338 e. The molecule has 2 aromatic carbocycles. The van der Waals surface area contributed by atoms with Gasteiger partial charge in [0.05, 0.1) is 27.5 Å². The molecule has 150 valence electrons. The van der Waals surface area contributed by atoms with Crippen LogP contribution in [0.4, 0.5) is 11.4 Å². The van der Waals surface area contributed by atoms with Crippen molar-refractivity contribution in [3.8, 4) is 0 Å². The zero-order valence-electron chi connectivity index (χ0n) is 14.9. The highest BCUT2D eigenvalue weighted by Gasteiger charge is 2.35. The third kappa shape index (κ3) is 4.31. The molecule has 0 radical (unpaired) electrons. The SMILES string of the molecule is CC1=NN(c2cccc(Cl)c2)C(=O)C1N=Nc1ccc(S(N)(=O)=O)cc1C(=O)O. The van der Waals surface area contributed by atoms with E-state index in [1.54, 1.807) is 31.2 Å². The predicted molar refractivity (Wildman–Crippen MR) is 105 cm³/mol. The largest absolute Gasteiger partial charge is 0.478 e. The summed E-state index contributed by atoms with van der Waals surface area (Å²) in [5, 5.41) is 27.8. The monoisotopic (exact) mass is 435 g/mol. The van der Waals surface area contributed by atoms with E-state index in [2.05, 4.69) is 15.3 Å². The average Bonchev–Trinajstić information content (AvgIpc) is 2.93. The first-order valence-electron chi connectivity index (χ1n) is 8.03. The van der Waals surface area contributed by atoms with Crippen LogP contribution in [0.1, 0.15) is 17.3 Å². The Morgan fingerprint density at radius 3 is 2.62 bits per heavy atom. The van der Waals surface area contributed by atoms with Gasteiger partial charge in [-0.15, -0.1) is 0 Å². The van der Waals surface area contributed by atoms with Crippen LogP contribution in [0.3, 0.4) is 0 Å². The normalized spacial score (nSPS) is 17.1. The van der Waals surface area contributed by atoms with E-state index in [4.69, 9.17) is 16.7 Å². The zero-order chi connectivity index (χ0) is 21.3. The molecule has 1 heterocycles. The van der Waals surface area contributed by atoms with Gasteiger partial charge in [0.15, 0.2) is 6.04 Å². The number of hydrogen-bond donors (Lipinski definition) is 2. The van der Waals surface area contributed by atoms with Crippen LogP contribution >= 0.6 is 11.6 Å². The number of carboxylic acid groups (broad SMARTS) is 1. The van der Waals surface area contributed by atoms with Crippen molar-refractivity contribution < 1.29 is 23.1 Å². The van der Waals surface area contributed by atoms with Gasteiger partial charge in [0.1, 0.15) is 0 Å². The van der Waals surface area contributed by atoms with E-state index in [0.29, 0.717) is 16.4 Å². The van der Waals surface area contributed by atoms with Gasteiger partial charge < -0.3 is 5.11 Å². The van der Waals surface area contributed by atoms with E-state index >= 15 is 0 Å². The molecule has 3 N–H and O–H groups in total. The standard InChI is InChI=1S/C17H14ClN5O5S/c1-9-15(16(24)23(22-9)11-4-2-3-10(18)7-11)21-20-14-6-5-12(29(19,27)28)8-13(14)17(25)26/h2-8,15H,1H3,(H,25,26)(H2,19,27,28). The Morgan fingerprint density at radius 1 is 1.28 bits per heavy atom. The van der Waals surface area contributed by atoms with E-state index in [9.17, 15) is 23.1 Å². The molecule has 1 unspecified atom stereocenters. The van der Waals surface area contributed by atoms with Crippen LogP contribution in [0.25, 0.3) is 0 Å². The molecule has 0 saturated carbocycles. The number of carbonyl (C=O) groups excluding carboxylic acids is 1. The van der Waals surface area contributed by atoms with Gasteiger partial charge in [-0.2, -0.15) is 20.3 Å². The molecule has 3 rings (SSSR count). The Kier molecular flexibility index (Phi) is 5.46. The van der Waals surface area contributed by atoms with Crippen molar-refractivity contribution in [2.45, 2.75) is 17.9 Å². The minimum Gasteiger partial charge on any atom is -0.478 e. The second-order valence-electron chi connectivity index (χ2n) is 6.02. The molecule has 1 aliphatic heterocycles. The molecule has 1 amide bonds. The van der Waals surface area contributed by atoms with E-state index < -0.39 is 33.5 Å². The van der Waals surface area contributed by atoms with Gasteiger partial charge in [-0.3, -0.25) is 4.79 Å². The Morgan fingerprint density at radius 2 is 2.00 bits per heavy atom. The summed E-state index contributed by atoms with van der Waals surface area (Å²) >= 11 is 5.94. The minimum atomic E-state index is -4.09. The molecule has 1 aliphatic rings. The Balaban J connectivity index is 1.91. The number of carboxylic acids is 1. The van der Waals surface area contributed by atoms with E-state index in [0.717, 1.165) is 23.2 Å². The lowest BCUT2D eigenvalue weighted by Gasteiger charge is -2.12. The lowest BCUT2D eigenvalue weighted by molar-refractivity contribution is -0.117. The fourth-order valence-corrected chi connectivity index (χ4v) is 3.28. The van der Waals surface area contributed by atoms with Crippen LogP contribution in [0.15, 0.2) is 62.7 Å². The maximum absolute atomic E-state index is 12.7. The Labute approximate surface area is 170 Å². The van der Waals surface area contributed by atoms with Gasteiger partial charge >= 0.3 is 5.97 Å². The third-order valence-corrected chi connectivity index (χ3v) is 5.10. The van der Waals surface area contributed by atoms with Gasteiger partial charge in [0.2, 0.25) is 10.0 Å². The molecule has 0 saturated heterocycles. The number of hydrazone groups is 1. The summed E-state index contributed by atoms with van der Waals surface area (Å²) in [5.74, 6) is -1.92. The van der Waals surface area contributed by atoms with Gasteiger partial charge in [-0.1, -0.05) is 17.7 Å². The second-order valence-corrected chi connectivity index (χ2v) is 8.02. The first kappa shape index (κ1) is 20.6. The molecule has 0 bridgehead atoms. The fourth-order valence-electron chi connectivity index (χ4n) is 2.55. The second kappa shape index (κ2) is 7.70. The summed E-state index contributed by atoms with van der Waals surface area (Å²) in [6.45, 7) is 1.58. The number of hydrogen-bond acceptors (Lipinski definition) is 7. The highest BCUT2D eigenvalue weighted by Crippen LogP contribution is 2.27. The minimum absolute atomic E-state index is 0.133. The Hall–Kier alpha value is -3.15. The number of amides is 1. The molecular formula is C17H14ClN5O5S. The van der Waals surface area contributed by atoms with Crippen molar-refractivity contribution in [1.29, 1.82) is 0 Å². The number of nitrogens with zero attached hydrogens (tertiary/aromatic N) is 4. The van der Waals surface area contributed by atoms with Crippen molar-refractivity contribution in [2.75, 3.05) is 5.01 Å². The number of rotatable bonds is 5. The molecule has 1 atom stereocenters. The molecule has 2 aromatic rings. The smallest absolute Gasteiger partial charge is 0.338 e. The summed E-state index contributed by atoms with van der Waals surface area (Å²) in [4.78, 5) is 23.7. The van der Waals surface area contributed by atoms with Gasteiger partial charge in [-0.25, -0.2) is 18.4 Å². The molecule has 10 nitrogen and oxygen atoms in total. The number of anilines is 1. The molecule has 0 spiro atoms. The van der Waals surface area contributed by atoms with Crippen LogP contribution in [-0.2, 0) is 14.8 Å². The Bertz CT molecular complexity index is 1180. The van der Waals surface area contributed by atoms with E-state index in [-0.39, 0.29) is 10.6 Å². The molecule has 0 aliphatic carbocycles. The molecule has 29 heavy (non-hydrogen) atoms. The van der Waals surface area contributed by atoms with E-state index in [1.807, 2.05) is 0 Å². The molecule has 12 heteroatoms. The fraction of sp³-hybridized carbons (Fsp3) is 0.118. The number of primary sulfonamides is 1. The van der Waals surface area contributed by atoms with Crippen LogP contribution in [-0.4, -0.2) is 37.2 Å². The molecule has 0 fully saturated rings. The maximum atomic E-state index is 12.7. The van der Waals surface area contributed by atoms with Crippen molar-refractivity contribution in [2.24, 2.45) is 20.5 Å². The first-order chi connectivity index (χ1) is 13.6. The third-order valence-electron chi connectivity index (χ3n) is 3.96. The number of carbonyl (C=O) groups is 2. The van der Waals surface area contributed by atoms with Gasteiger partial charge in [0, 0.05) is 5.02 Å². The highest BCUT2D eigenvalue weighted by atomic mass is 35.5. The quantitative estimate of drug-likeness (QED) is 0.690. The van der Waals surface area contributed by atoms with Crippen molar-refractivity contribution in [3.63, 3.8) is 0 Å². The number of aromatic carboxylic acids is 1. The zero-order valence-corrected chi connectivity index (χ0v) is 16.4. The first-order valence-corrected chi connectivity index (χ1v) is 9.96. The summed E-state index contributed by atoms with van der Waals surface area (Å²) < 4.78 is 22.8. The number of azo groups is 1. The lowest BCUT2D eigenvalue weighted by atomic mass is 10.2. The summed E-state index contributed by atoms with van der Waals surface area (Å²) in [5.41, 5.74) is 0.235.